The zero-order valence-electron chi connectivity index (χ0n) is 12.6. The lowest BCUT2D eigenvalue weighted by Gasteiger charge is -2.37. The molecule has 0 aromatic heterocycles. The van der Waals surface area contributed by atoms with Crippen LogP contribution in [0.5, 0.6) is 0 Å². The monoisotopic (exact) mass is 264 g/mol. The molecule has 2 rings (SSSR count). The second-order valence-corrected chi connectivity index (χ2v) is 6.96. The maximum absolute atomic E-state index is 12.2. The fourth-order valence-electron chi connectivity index (χ4n) is 3.00. The van der Waals surface area contributed by atoms with Crippen molar-refractivity contribution in [3.8, 4) is 0 Å². The third-order valence-electron chi connectivity index (χ3n) is 4.16. The SMILES string of the molecule is CC(C)(C)C(=O)N1CCC(NC2CC=CCC2)CC1. The molecule has 1 fully saturated rings. The van der Waals surface area contributed by atoms with Crippen LogP contribution in [0.4, 0.5) is 0 Å². The number of hydrogen-bond donors (Lipinski definition) is 1. The van der Waals surface area contributed by atoms with Crippen LogP contribution >= 0.6 is 0 Å². The number of nitrogens with zero attached hydrogens (tertiary/aromatic N) is 1. The Kier molecular flexibility index (Phi) is 4.67. The van der Waals surface area contributed by atoms with Crippen LogP contribution in [0.15, 0.2) is 12.2 Å². The number of nitrogens with one attached hydrogen (secondary N) is 1. The predicted octanol–water partition coefficient (Wildman–Crippen LogP) is 2.72. The van der Waals surface area contributed by atoms with Crippen LogP contribution in [-0.2, 0) is 4.79 Å². The highest BCUT2D eigenvalue weighted by atomic mass is 16.2. The van der Waals surface area contributed by atoms with Gasteiger partial charge >= 0.3 is 0 Å². The Balaban J connectivity index is 1.76. The summed E-state index contributed by atoms with van der Waals surface area (Å²) in [5.74, 6) is 0.298. The summed E-state index contributed by atoms with van der Waals surface area (Å²) in [6, 6.07) is 1.25. The van der Waals surface area contributed by atoms with Gasteiger partial charge in [-0.2, -0.15) is 0 Å². The van der Waals surface area contributed by atoms with E-state index in [4.69, 9.17) is 0 Å². The van der Waals surface area contributed by atoms with Gasteiger partial charge in [0.05, 0.1) is 0 Å². The first-order chi connectivity index (χ1) is 8.97. The summed E-state index contributed by atoms with van der Waals surface area (Å²) in [7, 11) is 0. The molecule has 0 bridgehead atoms. The van der Waals surface area contributed by atoms with E-state index in [1.54, 1.807) is 0 Å². The van der Waals surface area contributed by atoms with Crippen molar-refractivity contribution < 1.29 is 4.79 Å². The maximum atomic E-state index is 12.2. The number of carbonyl (C=O) groups excluding carboxylic acids is 1. The normalized spacial score (nSPS) is 25.6. The maximum Gasteiger partial charge on any atom is 0.227 e. The van der Waals surface area contributed by atoms with E-state index in [0.29, 0.717) is 18.0 Å². The zero-order chi connectivity index (χ0) is 13.9. The third kappa shape index (κ3) is 4.07. The summed E-state index contributed by atoms with van der Waals surface area (Å²) >= 11 is 0. The summed E-state index contributed by atoms with van der Waals surface area (Å²) in [4.78, 5) is 14.3. The minimum Gasteiger partial charge on any atom is -0.342 e. The molecule has 2 aliphatic rings. The molecule has 1 N–H and O–H groups in total. The summed E-state index contributed by atoms with van der Waals surface area (Å²) < 4.78 is 0. The van der Waals surface area contributed by atoms with E-state index in [9.17, 15) is 4.79 Å². The smallest absolute Gasteiger partial charge is 0.227 e. The largest absolute Gasteiger partial charge is 0.342 e. The fourth-order valence-corrected chi connectivity index (χ4v) is 3.00. The molecule has 3 nitrogen and oxygen atoms in total. The van der Waals surface area contributed by atoms with Crippen molar-refractivity contribution >= 4 is 5.91 Å². The highest BCUT2D eigenvalue weighted by Gasteiger charge is 2.30. The lowest BCUT2D eigenvalue weighted by atomic mass is 9.92. The number of rotatable bonds is 2. The van der Waals surface area contributed by atoms with Crippen molar-refractivity contribution in [1.29, 1.82) is 0 Å². The van der Waals surface area contributed by atoms with Gasteiger partial charge < -0.3 is 10.2 Å². The molecule has 1 atom stereocenters. The number of hydrogen-bond acceptors (Lipinski definition) is 2. The first kappa shape index (κ1) is 14.6. The zero-order valence-corrected chi connectivity index (χ0v) is 12.6. The average molecular weight is 264 g/mol. The Morgan fingerprint density at radius 3 is 2.32 bits per heavy atom. The third-order valence-corrected chi connectivity index (χ3v) is 4.16. The van der Waals surface area contributed by atoms with E-state index < -0.39 is 0 Å². The Morgan fingerprint density at radius 1 is 1.11 bits per heavy atom. The Labute approximate surface area is 117 Å². The second-order valence-electron chi connectivity index (χ2n) is 6.96. The first-order valence-corrected chi connectivity index (χ1v) is 7.67. The molecule has 0 saturated carbocycles. The van der Waals surface area contributed by atoms with Gasteiger partial charge in [0.15, 0.2) is 0 Å². The van der Waals surface area contributed by atoms with Crippen molar-refractivity contribution in [2.24, 2.45) is 5.41 Å². The van der Waals surface area contributed by atoms with Gasteiger partial charge in [-0.1, -0.05) is 32.9 Å². The lowest BCUT2D eigenvalue weighted by molar-refractivity contribution is -0.140. The number of carbonyl (C=O) groups is 1. The fraction of sp³-hybridized carbons (Fsp3) is 0.812. The minimum atomic E-state index is -0.242. The molecule has 1 unspecified atom stereocenters. The van der Waals surface area contributed by atoms with Crippen LogP contribution in [0.2, 0.25) is 0 Å². The van der Waals surface area contributed by atoms with E-state index in [1.165, 1.54) is 19.3 Å². The van der Waals surface area contributed by atoms with Gasteiger partial charge in [-0.25, -0.2) is 0 Å². The van der Waals surface area contributed by atoms with E-state index in [0.717, 1.165) is 25.9 Å². The number of amides is 1. The molecule has 1 aliphatic carbocycles. The van der Waals surface area contributed by atoms with E-state index in [1.807, 2.05) is 25.7 Å². The summed E-state index contributed by atoms with van der Waals surface area (Å²) in [5.41, 5.74) is -0.242. The van der Waals surface area contributed by atoms with Crippen LogP contribution in [0, 0.1) is 5.41 Å². The lowest BCUT2D eigenvalue weighted by Crippen LogP contribution is -2.50. The van der Waals surface area contributed by atoms with Crippen LogP contribution in [0.3, 0.4) is 0 Å². The second kappa shape index (κ2) is 6.08. The van der Waals surface area contributed by atoms with E-state index in [2.05, 4.69) is 17.5 Å². The van der Waals surface area contributed by atoms with Gasteiger partial charge in [0.2, 0.25) is 5.91 Å². The van der Waals surface area contributed by atoms with Crippen LogP contribution in [-0.4, -0.2) is 36.0 Å². The number of likely N-dealkylation sites (tertiary alicyclic amines) is 1. The molecule has 0 spiro atoms. The van der Waals surface area contributed by atoms with Gasteiger partial charge in [0.25, 0.3) is 0 Å². The molecule has 0 aromatic carbocycles. The molecule has 3 heteroatoms. The van der Waals surface area contributed by atoms with Crippen LogP contribution in [0.1, 0.15) is 52.9 Å². The standard InChI is InChI=1S/C16H28N2O/c1-16(2,3)15(19)18-11-9-14(10-12-18)17-13-7-5-4-6-8-13/h4-5,13-14,17H,6-12H2,1-3H3. The van der Waals surface area contributed by atoms with E-state index >= 15 is 0 Å². The summed E-state index contributed by atoms with van der Waals surface area (Å²) in [6.07, 6.45) is 10.4. The molecule has 108 valence electrons. The van der Waals surface area contributed by atoms with Crippen molar-refractivity contribution in [1.82, 2.24) is 10.2 Å². The molecule has 1 aliphatic heterocycles. The predicted molar refractivity (Wildman–Crippen MR) is 79.0 cm³/mol. The number of allylic oxidation sites excluding steroid dienone is 1. The van der Waals surface area contributed by atoms with Gasteiger partial charge in [0, 0.05) is 30.6 Å². The molecule has 1 amide bonds. The van der Waals surface area contributed by atoms with E-state index in [-0.39, 0.29) is 5.41 Å². The van der Waals surface area contributed by atoms with Crippen molar-refractivity contribution in [3.05, 3.63) is 12.2 Å². The van der Waals surface area contributed by atoms with Gasteiger partial charge in [0.1, 0.15) is 0 Å². The van der Waals surface area contributed by atoms with Crippen molar-refractivity contribution in [2.75, 3.05) is 13.1 Å². The highest BCUT2D eigenvalue weighted by molar-refractivity contribution is 5.81. The first-order valence-electron chi connectivity index (χ1n) is 7.67. The molecule has 0 radical (unpaired) electrons. The molecule has 19 heavy (non-hydrogen) atoms. The quantitative estimate of drug-likeness (QED) is 0.778. The topological polar surface area (TPSA) is 32.3 Å². The molecule has 0 aromatic rings. The Morgan fingerprint density at radius 2 is 1.79 bits per heavy atom. The number of piperidine rings is 1. The molecular formula is C16H28N2O. The highest BCUT2D eigenvalue weighted by Crippen LogP contribution is 2.22. The summed E-state index contributed by atoms with van der Waals surface area (Å²) in [5, 5.41) is 3.77. The van der Waals surface area contributed by atoms with Gasteiger partial charge in [-0.3, -0.25) is 4.79 Å². The average Bonchev–Trinajstić information content (AvgIpc) is 2.39. The summed E-state index contributed by atoms with van der Waals surface area (Å²) in [6.45, 7) is 7.85. The van der Waals surface area contributed by atoms with Crippen molar-refractivity contribution in [2.45, 2.75) is 65.0 Å². The van der Waals surface area contributed by atoms with Gasteiger partial charge in [-0.05, 0) is 32.1 Å². The van der Waals surface area contributed by atoms with Crippen LogP contribution < -0.4 is 5.32 Å². The molecular weight excluding hydrogens is 236 g/mol. The Hall–Kier alpha value is -0.830. The minimum absolute atomic E-state index is 0.242. The van der Waals surface area contributed by atoms with Crippen molar-refractivity contribution in [3.63, 3.8) is 0 Å². The van der Waals surface area contributed by atoms with Crippen LogP contribution in [0.25, 0.3) is 0 Å². The Bertz CT molecular complexity index is 335. The molecule has 1 saturated heterocycles. The van der Waals surface area contributed by atoms with Gasteiger partial charge in [-0.15, -0.1) is 0 Å². The molecule has 1 heterocycles.